The molecule has 0 fully saturated rings. The number of carbonyl (C=O) groups excluding carboxylic acids is 1. The Morgan fingerprint density at radius 3 is 2.73 bits per heavy atom. The molecule has 0 radical (unpaired) electrons. The van der Waals surface area contributed by atoms with Crippen LogP contribution in [0.2, 0.25) is 5.02 Å². The van der Waals surface area contributed by atoms with Gasteiger partial charge in [-0.15, -0.1) is 12.4 Å². The van der Waals surface area contributed by atoms with Crippen molar-refractivity contribution < 1.29 is 9.18 Å². The third kappa shape index (κ3) is 4.37. The van der Waals surface area contributed by atoms with E-state index in [2.05, 4.69) is 10.6 Å². The number of anilines is 1. The van der Waals surface area contributed by atoms with E-state index in [9.17, 15) is 9.18 Å². The van der Waals surface area contributed by atoms with Gasteiger partial charge < -0.3 is 10.6 Å². The Kier molecular flexibility index (Phi) is 7.04. The largest absolute Gasteiger partial charge is 0.323 e. The zero-order valence-corrected chi connectivity index (χ0v) is 16.4. The van der Waals surface area contributed by atoms with Crippen LogP contribution in [0.5, 0.6) is 0 Å². The van der Waals surface area contributed by atoms with E-state index in [0.717, 1.165) is 17.7 Å². The molecule has 0 saturated heterocycles. The van der Waals surface area contributed by atoms with Gasteiger partial charge in [0.1, 0.15) is 5.82 Å². The maximum absolute atomic E-state index is 14.8. The number of fused-ring (bicyclic) bond motifs is 1. The average molecular weight is 397 g/mol. The van der Waals surface area contributed by atoms with Crippen LogP contribution in [-0.4, -0.2) is 12.5 Å². The predicted octanol–water partition coefficient (Wildman–Crippen LogP) is 4.92. The van der Waals surface area contributed by atoms with E-state index in [4.69, 9.17) is 11.6 Å². The minimum atomic E-state index is -0.393. The summed E-state index contributed by atoms with van der Waals surface area (Å²) in [7, 11) is 0. The zero-order chi connectivity index (χ0) is 18.0. The lowest BCUT2D eigenvalue weighted by molar-refractivity contribution is -0.118. The average Bonchev–Trinajstić information content (AvgIpc) is 2.57. The number of amides is 1. The van der Waals surface area contributed by atoms with Crippen LogP contribution in [0.25, 0.3) is 0 Å². The van der Waals surface area contributed by atoms with Crippen molar-refractivity contribution in [3.63, 3.8) is 0 Å². The molecule has 26 heavy (non-hydrogen) atoms. The van der Waals surface area contributed by atoms with Crippen LogP contribution in [0.4, 0.5) is 10.1 Å². The van der Waals surface area contributed by atoms with Crippen molar-refractivity contribution in [2.24, 2.45) is 5.92 Å². The Labute approximate surface area is 164 Å². The number of carbonyl (C=O) groups is 1. The van der Waals surface area contributed by atoms with Crippen molar-refractivity contribution in [1.82, 2.24) is 5.32 Å². The topological polar surface area (TPSA) is 41.1 Å². The molecule has 3 nitrogen and oxygen atoms in total. The second-order valence-electron chi connectivity index (χ2n) is 6.76. The molecule has 3 rings (SSSR count). The Bertz CT molecular complexity index is 795. The number of hydrogen-bond acceptors (Lipinski definition) is 2. The first-order valence-corrected chi connectivity index (χ1v) is 8.92. The van der Waals surface area contributed by atoms with E-state index in [-0.39, 0.29) is 35.7 Å². The molecule has 2 aromatic rings. The first-order valence-electron chi connectivity index (χ1n) is 8.54. The molecule has 140 valence electrons. The molecule has 1 amide bonds. The molecule has 1 heterocycles. The van der Waals surface area contributed by atoms with Crippen LogP contribution in [-0.2, 0) is 17.8 Å². The Morgan fingerprint density at radius 2 is 2.04 bits per heavy atom. The summed E-state index contributed by atoms with van der Waals surface area (Å²) in [5.41, 5.74) is 2.73. The van der Waals surface area contributed by atoms with Gasteiger partial charge in [0.05, 0.1) is 11.6 Å². The van der Waals surface area contributed by atoms with Gasteiger partial charge in [0.2, 0.25) is 5.91 Å². The quantitative estimate of drug-likeness (QED) is 0.769. The highest BCUT2D eigenvalue weighted by Crippen LogP contribution is 2.30. The zero-order valence-electron chi connectivity index (χ0n) is 14.8. The number of benzene rings is 2. The summed E-state index contributed by atoms with van der Waals surface area (Å²) in [4.78, 5) is 12.9. The Hall–Kier alpha value is -1.62. The SMILES string of the molecule is CC(C)C(C(=O)Nc1ccc2c(c1F)CCNC2)c1cccc(Cl)c1.Cl. The molecule has 0 bridgehead atoms. The van der Waals surface area contributed by atoms with E-state index in [1.54, 1.807) is 18.2 Å². The molecule has 0 saturated carbocycles. The van der Waals surface area contributed by atoms with Crippen molar-refractivity contribution in [3.8, 4) is 0 Å². The van der Waals surface area contributed by atoms with Crippen LogP contribution in [0, 0.1) is 11.7 Å². The van der Waals surface area contributed by atoms with Crippen molar-refractivity contribution >= 4 is 35.6 Å². The van der Waals surface area contributed by atoms with E-state index in [1.165, 1.54) is 0 Å². The van der Waals surface area contributed by atoms with Crippen molar-refractivity contribution in [2.75, 3.05) is 11.9 Å². The molecule has 1 aliphatic heterocycles. The molecule has 0 aliphatic carbocycles. The van der Waals surface area contributed by atoms with Gasteiger partial charge in [-0.25, -0.2) is 4.39 Å². The van der Waals surface area contributed by atoms with Crippen LogP contribution in [0.1, 0.15) is 36.5 Å². The van der Waals surface area contributed by atoms with Gasteiger partial charge in [-0.3, -0.25) is 4.79 Å². The standard InChI is InChI=1S/C20H22ClFN2O.ClH/c1-12(2)18(13-4-3-5-15(21)10-13)20(25)24-17-7-6-14-11-23-9-8-16(14)19(17)22;/h3-7,10,12,18,23H,8-9,11H2,1-2H3,(H,24,25);1H. The summed E-state index contributed by atoms with van der Waals surface area (Å²) in [6.07, 6.45) is 0.632. The third-order valence-electron chi connectivity index (χ3n) is 4.62. The molecular formula is C20H23Cl2FN2O. The summed E-state index contributed by atoms with van der Waals surface area (Å²) in [5.74, 6) is -0.870. The van der Waals surface area contributed by atoms with Gasteiger partial charge in [0, 0.05) is 11.6 Å². The minimum Gasteiger partial charge on any atom is -0.323 e. The monoisotopic (exact) mass is 396 g/mol. The van der Waals surface area contributed by atoms with E-state index in [1.807, 2.05) is 32.0 Å². The summed E-state index contributed by atoms with van der Waals surface area (Å²) in [5, 5.41) is 6.59. The fourth-order valence-electron chi connectivity index (χ4n) is 3.38. The second-order valence-corrected chi connectivity index (χ2v) is 7.19. The van der Waals surface area contributed by atoms with E-state index < -0.39 is 5.92 Å². The van der Waals surface area contributed by atoms with E-state index in [0.29, 0.717) is 23.6 Å². The molecule has 0 aromatic heterocycles. The van der Waals surface area contributed by atoms with Crippen LogP contribution < -0.4 is 10.6 Å². The van der Waals surface area contributed by atoms with Crippen LogP contribution in [0.15, 0.2) is 36.4 Å². The number of halogens is 3. The number of hydrogen-bond donors (Lipinski definition) is 2. The predicted molar refractivity (Wildman–Crippen MR) is 107 cm³/mol. The summed E-state index contributed by atoms with van der Waals surface area (Å²) >= 11 is 6.07. The van der Waals surface area contributed by atoms with Gasteiger partial charge in [0.15, 0.2) is 0 Å². The van der Waals surface area contributed by atoms with Gasteiger partial charge >= 0.3 is 0 Å². The molecule has 6 heteroatoms. The van der Waals surface area contributed by atoms with Crippen molar-refractivity contribution in [3.05, 3.63) is 63.9 Å². The van der Waals surface area contributed by atoms with Crippen LogP contribution >= 0.6 is 24.0 Å². The molecular weight excluding hydrogens is 374 g/mol. The minimum absolute atomic E-state index is 0. The molecule has 1 atom stereocenters. The normalized spacial score (nSPS) is 14.3. The third-order valence-corrected chi connectivity index (χ3v) is 4.86. The van der Waals surface area contributed by atoms with E-state index >= 15 is 0 Å². The highest BCUT2D eigenvalue weighted by molar-refractivity contribution is 6.30. The van der Waals surface area contributed by atoms with Gasteiger partial charge in [0.25, 0.3) is 0 Å². The first kappa shape index (κ1) is 20.7. The lowest BCUT2D eigenvalue weighted by atomic mass is 9.87. The smallest absolute Gasteiger partial charge is 0.232 e. The summed E-state index contributed by atoms with van der Waals surface area (Å²) in [6.45, 7) is 5.36. The number of nitrogens with one attached hydrogen (secondary N) is 2. The number of rotatable bonds is 4. The van der Waals surface area contributed by atoms with Crippen LogP contribution in [0.3, 0.4) is 0 Å². The maximum Gasteiger partial charge on any atom is 0.232 e. The van der Waals surface area contributed by atoms with Gasteiger partial charge in [-0.05, 0) is 53.8 Å². The first-order chi connectivity index (χ1) is 12.0. The second kappa shape index (κ2) is 8.85. The molecule has 1 aliphatic rings. The Morgan fingerprint density at radius 1 is 1.27 bits per heavy atom. The fraction of sp³-hybridized carbons (Fsp3) is 0.350. The Balaban J connectivity index is 0.00000243. The molecule has 1 unspecified atom stereocenters. The molecule has 2 aromatic carbocycles. The van der Waals surface area contributed by atoms with Gasteiger partial charge in [-0.2, -0.15) is 0 Å². The maximum atomic E-state index is 14.8. The highest BCUT2D eigenvalue weighted by Gasteiger charge is 2.26. The fourth-order valence-corrected chi connectivity index (χ4v) is 3.58. The summed E-state index contributed by atoms with van der Waals surface area (Å²) in [6, 6.07) is 10.8. The highest BCUT2D eigenvalue weighted by atomic mass is 35.5. The van der Waals surface area contributed by atoms with Crippen molar-refractivity contribution in [1.29, 1.82) is 0 Å². The lowest BCUT2D eigenvalue weighted by Crippen LogP contribution is -2.27. The molecule has 0 spiro atoms. The summed E-state index contributed by atoms with van der Waals surface area (Å²) < 4.78 is 14.8. The van der Waals surface area contributed by atoms with Gasteiger partial charge in [-0.1, -0.05) is 43.6 Å². The lowest BCUT2D eigenvalue weighted by Gasteiger charge is -2.23. The molecule has 2 N–H and O–H groups in total. The van der Waals surface area contributed by atoms with Crippen molar-refractivity contribution in [2.45, 2.75) is 32.7 Å².